The number of benzene rings is 2. The summed E-state index contributed by atoms with van der Waals surface area (Å²) in [5.74, 6) is 0.112. The van der Waals surface area contributed by atoms with Crippen LogP contribution in [0.2, 0.25) is 0 Å². The van der Waals surface area contributed by atoms with E-state index in [0.717, 1.165) is 0 Å². The van der Waals surface area contributed by atoms with Gasteiger partial charge in [0.15, 0.2) is 6.61 Å². The third-order valence-corrected chi connectivity index (χ3v) is 3.41. The van der Waals surface area contributed by atoms with Crippen LogP contribution in [-0.2, 0) is 11.3 Å². The average molecular weight is 345 g/mol. The van der Waals surface area contributed by atoms with Crippen molar-refractivity contribution in [2.75, 3.05) is 20.8 Å². The molecule has 25 heavy (non-hydrogen) atoms. The Morgan fingerprint density at radius 3 is 2.28 bits per heavy atom. The van der Waals surface area contributed by atoms with Crippen LogP contribution in [0, 0.1) is 0 Å². The fourth-order valence-corrected chi connectivity index (χ4v) is 2.10. The molecule has 0 aliphatic carbocycles. The molecule has 7 heteroatoms. The van der Waals surface area contributed by atoms with Crippen molar-refractivity contribution in [3.8, 4) is 17.2 Å². The van der Waals surface area contributed by atoms with Crippen LogP contribution in [0.4, 0.5) is 0 Å². The van der Waals surface area contributed by atoms with Gasteiger partial charge in [-0.25, -0.2) is 4.79 Å². The van der Waals surface area contributed by atoms with E-state index in [4.69, 9.17) is 19.3 Å². The van der Waals surface area contributed by atoms with Crippen LogP contribution < -0.4 is 19.5 Å². The number of carboxylic acids is 1. The first kappa shape index (κ1) is 18.1. The van der Waals surface area contributed by atoms with Crippen molar-refractivity contribution in [2.45, 2.75) is 6.54 Å². The number of nitrogens with one attached hydrogen (secondary N) is 1. The number of amides is 1. The summed E-state index contributed by atoms with van der Waals surface area (Å²) in [4.78, 5) is 23.0. The van der Waals surface area contributed by atoms with Gasteiger partial charge in [0.2, 0.25) is 0 Å². The lowest BCUT2D eigenvalue weighted by Gasteiger charge is -2.10. The molecule has 0 spiro atoms. The number of hydrogen-bond donors (Lipinski definition) is 2. The van der Waals surface area contributed by atoms with E-state index in [1.165, 1.54) is 13.2 Å². The van der Waals surface area contributed by atoms with E-state index in [1.54, 1.807) is 43.5 Å². The first-order chi connectivity index (χ1) is 12.0. The second-order valence-electron chi connectivity index (χ2n) is 5.08. The smallest absolute Gasteiger partial charge is 0.339 e. The number of carbonyl (C=O) groups excluding carboxylic acids is 1. The minimum atomic E-state index is -1.09. The summed E-state index contributed by atoms with van der Waals surface area (Å²) < 4.78 is 15.4. The number of carboxylic acid groups (broad SMARTS) is 1. The highest BCUT2D eigenvalue weighted by Crippen LogP contribution is 2.20. The molecule has 0 saturated carbocycles. The SMILES string of the molecule is COc1ccc(OCC(=O)NCc2ccc(OC)c(C(=O)O)c2)cc1. The molecule has 2 N–H and O–H groups in total. The summed E-state index contributed by atoms with van der Waals surface area (Å²) in [6.07, 6.45) is 0. The Kier molecular flexibility index (Phi) is 6.22. The highest BCUT2D eigenvalue weighted by atomic mass is 16.5. The largest absolute Gasteiger partial charge is 0.497 e. The Bertz CT molecular complexity index is 742. The predicted molar refractivity (Wildman–Crippen MR) is 90.3 cm³/mol. The van der Waals surface area contributed by atoms with Crippen LogP contribution in [0.25, 0.3) is 0 Å². The Hall–Kier alpha value is -3.22. The van der Waals surface area contributed by atoms with Crippen LogP contribution in [0.1, 0.15) is 15.9 Å². The van der Waals surface area contributed by atoms with Crippen LogP contribution in [-0.4, -0.2) is 37.8 Å². The molecule has 7 nitrogen and oxygen atoms in total. The van der Waals surface area contributed by atoms with Crippen molar-refractivity contribution in [3.05, 3.63) is 53.6 Å². The first-order valence-corrected chi connectivity index (χ1v) is 7.47. The highest BCUT2D eigenvalue weighted by Gasteiger charge is 2.12. The maximum atomic E-state index is 11.9. The molecule has 2 rings (SSSR count). The van der Waals surface area contributed by atoms with Crippen LogP contribution >= 0.6 is 0 Å². The molecule has 0 heterocycles. The molecular weight excluding hydrogens is 326 g/mol. The predicted octanol–water partition coefficient (Wildman–Crippen LogP) is 2.10. The van der Waals surface area contributed by atoms with Gasteiger partial charge in [0.25, 0.3) is 5.91 Å². The van der Waals surface area contributed by atoms with Gasteiger partial charge in [-0.15, -0.1) is 0 Å². The van der Waals surface area contributed by atoms with Gasteiger partial charge >= 0.3 is 5.97 Å². The van der Waals surface area contributed by atoms with Crippen molar-refractivity contribution in [3.63, 3.8) is 0 Å². The van der Waals surface area contributed by atoms with E-state index in [1.807, 2.05) is 0 Å². The number of hydrogen-bond acceptors (Lipinski definition) is 5. The maximum Gasteiger partial charge on any atom is 0.339 e. The lowest BCUT2D eigenvalue weighted by Crippen LogP contribution is -2.28. The molecule has 0 fully saturated rings. The van der Waals surface area contributed by atoms with E-state index >= 15 is 0 Å². The summed E-state index contributed by atoms with van der Waals surface area (Å²) in [7, 11) is 2.97. The van der Waals surface area contributed by atoms with E-state index in [2.05, 4.69) is 5.32 Å². The zero-order chi connectivity index (χ0) is 18.2. The minimum absolute atomic E-state index is 0.0451. The Morgan fingerprint density at radius 2 is 1.68 bits per heavy atom. The van der Waals surface area contributed by atoms with Gasteiger partial charge in [-0.3, -0.25) is 4.79 Å². The monoisotopic (exact) mass is 345 g/mol. The van der Waals surface area contributed by atoms with Gasteiger partial charge in [0.1, 0.15) is 22.8 Å². The average Bonchev–Trinajstić information content (AvgIpc) is 2.64. The third kappa shape index (κ3) is 5.13. The number of methoxy groups -OCH3 is 2. The number of carbonyl (C=O) groups is 2. The van der Waals surface area contributed by atoms with Crippen molar-refractivity contribution in [2.24, 2.45) is 0 Å². The maximum absolute atomic E-state index is 11.9. The van der Waals surface area contributed by atoms with Crippen molar-refractivity contribution in [1.82, 2.24) is 5.32 Å². The number of aromatic carboxylic acids is 1. The number of rotatable bonds is 8. The van der Waals surface area contributed by atoms with Crippen LogP contribution in [0.5, 0.6) is 17.2 Å². The standard InChI is InChI=1S/C18H19NO6/c1-23-13-4-6-14(7-5-13)25-11-17(20)19-10-12-3-8-16(24-2)15(9-12)18(21)22/h3-9H,10-11H2,1-2H3,(H,19,20)(H,21,22). The van der Waals surface area contributed by atoms with Crippen LogP contribution in [0.15, 0.2) is 42.5 Å². The Morgan fingerprint density at radius 1 is 1.00 bits per heavy atom. The van der Waals surface area contributed by atoms with Gasteiger partial charge in [-0.1, -0.05) is 6.07 Å². The fourth-order valence-electron chi connectivity index (χ4n) is 2.10. The molecular formula is C18H19NO6. The van der Waals surface area contributed by atoms with Crippen molar-refractivity contribution in [1.29, 1.82) is 0 Å². The zero-order valence-electron chi connectivity index (χ0n) is 13.9. The molecule has 0 unspecified atom stereocenters. The van der Waals surface area contributed by atoms with E-state index in [9.17, 15) is 9.59 Å². The normalized spacial score (nSPS) is 10.0. The summed E-state index contributed by atoms with van der Waals surface area (Å²) in [5, 5.41) is 11.8. The van der Waals surface area contributed by atoms with Gasteiger partial charge in [-0.05, 0) is 42.0 Å². The summed E-state index contributed by atoms with van der Waals surface area (Å²) >= 11 is 0. The molecule has 1 amide bonds. The highest BCUT2D eigenvalue weighted by molar-refractivity contribution is 5.91. The molecule has 0 saturated heterocycles. The lowest BCUT2D eigenvalue weighted by molar-refractivity contribution is -0.123. The Balaban J connectivity index is 1.87. The fraction of sp³-hybridized carbons (Fsp3) is 0.222. The topological polar surface area (TPSA) is 94.1 Å². The molecule has 0 aromatic heterocycles. The molecule has 0 atom stereocenters. The summed E-state index contributed by atoms with van der Waals surface area (Å²) in [6.45, 7) is 0.0450. The second kappa shape index (κ2) is 8.58. The molecule has 2 aromatic rings. The van der Waals surface area contributed by atoms with Crippen molar-refractivity contribution >= 4 is 11.9 Å². The third-order valence-electron chi connectivity index (χ3n) is 3.41. The minimum Gasteiger partial charge on any atom is -0.497 e. The van der Waals surface area contributed by atoms with Gasteiger partial charge in [-0.2, -0.15) is 0 Å². The molecule has 2 aromatic carbocycles. The molecule has 132 valence electrons. The van der Waals surface area contributed by atoms with E-state index in [0.29, 0.717) is 17.1 Å². The second-order valence-corrected chi connectivity index (χ2v) is 5.08. The van der Waals surface area contributed by atoms with Crippen LogP contribution in [0.3, 0.4) is 0 Å². The molecule has 0 aliphatic rings. The van der Waals surface area contributed by atoms with E-state index < -0.39 is 5.97 Å². The Labute approximate surface area is 145 Å². The summed E-state index contributed by atoms with van der Waals surface area (Å²) in [6, 6.07) is 11.6. The molecule has 0 radical (unpaired) electrons. The zero-order valence-corrected chi connectivity index (χ0v) is 13.9. The van der Waals surface area contributed by atoms with Gasteiger partial charge in [0, 0.05) is 6.54 Å². The lowest BCUT2D eigenvalue weighted by atomic mass is 10.1. The quantitative estimate of drug-likeness (QED) is 0.761. The molecule has 0 aliphatic heterocycles. The van der Waals surface area contributed by atoms with Gasteiger partial charge < -0.3 is 24.6 Å². The molecule has 0 bridgehead atoms. The van der Waals surface area contributed by atoms with E-state index in [-0.39, 0.29) is 30.4 Å². The number of ether oxygens (including phenoxy) is 3. The van der Waals surface area contributed by atoms with Gasteiger partial charge in [0.05, 0.1) is 14.2 Å². The van der Waals surface area contributed by atoms with Crippen molar-refractivity contribution < 1.29 is 28.9 Å². The first-order valence-electron chi connectivity index (χ1n) is 7.47. The summed E-state index contributed by atoms with van der Waals surface area (Å²) in [5.41, 5.74) is 0.694.